The number of urea groups is 1. The maximum absolute atomic E-state index is 13.5. The van der Waals surface area contributed by atoms with Crippen LogP contribution in [0.2, 0.25) is 0 Å². The summed E-state index contributed by atoms with van der Waals surface area (Å²) >= 11 is 0. The average Bonchev–Trinajstić information content (AvgIpc) is 3.32. The molecule has 1 aliphatic heterocycles. The normalized spacial score (nSPS) is 15.1. The Balaban J connectivity index is 1.45. The number of carboxylic acids is 1. The van der Waals surface area contributed by atoms with Gasteiger partial charge in [-0.2, -0.15) is 0 Å². The first-order valence-electron chi connectivity index (χ1n) is 16.4. The fourth-order valence-electron chi connectivity index (χ4n) is 5.60. The Morgan fingerprint density at radius 1 is 0.824 bits per heavy atom. The van der Waals surface area contributed by atoms with Crippen LogP contribution in [0.4, 0.5) is 4.79 Å². The van der Waals surface area contributed by atoms with Gasteiger partial charge in [0.25, 0.3) is 5.91 Å². The predicted molar refractivity (Wildman–Crippen MR) is 187 cm³/mol. The maximum atomic E-state index is 13.5. The van der Waals surface area contributed by atoms with Crippen LogP contribution in [0.1, 0.15) is 42.0 Å². The van der Waals surface area contributed by atoms with E-state index in [1.165, 1.54) is 4.90 Å². The van der Waals surface area contributed by atoms with Crippen molar-refractivity contribution in [2.75, 3.05) is 19.6 Å². The molecule has 1 heterocycles. The van der Waals surface area contributed by atoms with Crippen LogP contribution in [0.3, 0.4) is 0 Å². The number of aliphatic carboxylic acids is 1. The summed E-state index contributed by atoms with van der Waals surface area (Å²) in [5.74, 6) is -4.57. The van der Waals surface area contributed by atoms with Crippen LogP contribution in [-0.4, -0.2) is 88.2 Å². The summed E-state index contributed by atoms with van der Waals surface area (Å²) in [4.78, 5) is 85.0. The summed E-state index contributed by atoms with van der Waals surface area (Å²) in [5.41, 5.74) is 13.0. The number of imide groups is 1. The van der Waals surface area contributed by atoms with Gasteiger partial charge in [-0.25, -0.2) is 4.79 Å². The average molecular weight is 699 g/mol. The van der Waals surface area contributed by atoms with Gasteiger partial charge in [0.15, 0.2) is 5.96 Å². The van der Waals surface area contributed by atoms with Gasteiger partial charge in [0.1, 0.15) is 24.7 Å². The van der Waals surface area contributed by atoms with E-state index >= 15 is 0 Å². The van der Waals surface area contributed by atoms with Gasteiger partial charge in [0.2, 0.25) is 17.7 Å². The van der Waals surface area contributed by atoms with Crippen LogP contribution in [0.15, 0.2) is 96.0 Å². The molecule has 6 amide bonds. The summed E-state index contributed by atoms with van der Waals surface area (Å²) < 4.78 is 0. The van der Waals surface area contributed by atoms with Crippen molar-refractivity contribution in [1.82, 2.24) is 25.8 Å². The fraction of sp³-hybridized carbons (Fsp3) is 0.306. The summed E-state index contributed by atoms with van der Waals surface area (Å²) in [6.45, 7) is -0.180. The van der Waals surface area contributed by atoms with E-state index in [4.69, 9.17) is 11.5 Å². The molecule has 3 aromatic carbocycles. The summed E-state index contributed by atoms with van der Waals surface area (Å²) in [6, 6.07) is 22.4. The van der Waals surface area contributed by atoms with E-state index in [0.29, 0.717) is 18.4 Å². The highest BCUT2D eigenvalue weighted by Gasteiger charge is 2.45. The lowest BCUT2D eigenvalue weighted by Crippen LogP contribution is -2.53. The molecular weight excluding hydrogens is 656 g/mol. The number of hydrogen-bond acceptors (Lipinski definition) is 7. The predicted octanol–water partition coefficient (Wildman–Crippen LogP) is 1.05. The zero-order valence-corrected chi connectivity index (χ0v) is 27.9. The van der Waals surface area contributed by atoms with Crippen molar-refractivity contribution in [3.63, 3.8) is 0 Å². The number of guanidine groups is 1. The first-order chi connectivity index (χ1) is 24.5. The van der Waals surface area contributed by atoms with E-state index in [2.05, 4.69) is 20.9 Å². The Kier molecular flexibility index (Phi) is 13.6. The van der Waals surface area contributed by atoms with Gasteiger partial charge < -0.3 is 37.4 Å². The topological polar surface area (TPSA) is 230 Å². The number of hydrogen-bond donors (Lipinski definition) is 6. The molecule has 3 unspecified atom stereocenters. The Morgan fingerprint density at radius 3 is 2.04 bits per heavy atom. The molecule has 0 radical (unpaired) electrons. The number of nitrogens with two attached hydrogens (primary N) is 2. The quantitative estimate of drug-likeness (QED) is 0.0482. The second-order valence-corrected chi connectivity index (χ2v) is 11.9. The minimum absolute atomic E-state index is 0.0921. The maximum Gasteiger partial charge on any atom is 0.328 e. The lowest BCUT2D eigenvalue weighted by Gasteiger charge is -2.23. The molecule has 0 aromatic heterocycles. The smallest absolute Gasteiger partial charge is 0.328 e. The third-order valence-corrected chi connectivity index (χ3v) is 8.10. The molecule has 0 saturated carbocycles. The lowest BCUT2D eigenvalue weighted by atomic mass is 10.0. The van der Waals surface area contributed by atoms with Crippen LogP contribution in [0.25, 0.3) is 0 Å². The first-order valence-corrected chi connectivity index (χ1v) is 16.4. The number of aliphatic imine (C=N–C) groups is 1. The van der Waals surface area contributed by atoms with Gasteiger partial charge in [0, 0.05) is 19.6 Å². The van der Waals surface area contributed by atoms with Gasteiger partial charge in [-0.1, -0.05) is 91.0 Å². The fourth-order valence-corrected chi connectivity index (χ4v) is 5.60. The van der Waals surface area contributed by atoms with Crippen LogP contribution in [0.5, 0.6) is 0 Å². The molecule has 268 valence electrons. The van der Waals surface area contributed by atoms with Crippen molar-refractivity contribution in [2.24, 2.45) is 16.5 Å². The van der Waals surface area contributed by atoms with E-state index < -0.39 is 66.7 Å². The van der Waals surface area contributed by atoms with E-state index in [1.807, 2.05) is 36.4 Å². The SMILES string of the molecule is NC(N)=NCCCC1C(=O)N(CC(=O)NC(CC(=O)O)C(=O)NC(C(=O)NCCc2ccccc2)c2ccccc2)C(=O)N1Cc1ccccc1. The zero-order valence-electron chi connectivity index (χ0n) is 27.9. The monoisotopic (exact) mass is 698 g/mol. The highest BCUT2D eigenvalue weighted by atomic mass is 16.4. The molecule has 15 heteroatoms. The minimum Gasteiger partial charge on any atom is -0.481 e. The molecule has 3 atom stereocenters. The molecule has 3 aromatic rings. The molecule has 0 spiro atoms. The highest BCUT2D eigenvalue weighted by Crippen LogP contribution is 2.24. The van der Waals surface area contributed by atoms with Crippen molar-refractivity contribution in [2.45, 2.75) is 50.4 Å². The molecule has 8 N–H and O–H groups in total. The second-order valence-electron chi connectivity index (χ2n) is 11.9. The lowest BCUT2D eigenvalue weighted by molar-refractivity contribution is -0.141. The molecule has 1 saturated heterocycles. The van der Waals surface area contributed by atoms with Gasteiger partial charge in [-0.15, -0.1) is 0 Å². The summed E-state index contributed by atoms with van der Waals surface area (Å²) in [6.07, 6.45) is 0.290. The van der Waals surface area contributed by atoms with Gasteiger partial charge >= 0.3 is 12.0 Å². The number of amides is 6. The van der Waals surface area contributed by atoms with Crippen LogP contribution < -0.4 is 27.4 Å². The Hall–Kier alpha value is -6.25. The summed E-state index contributed by atoms with van der Waals surface area (Å²) in [5, 5.41) is 17.3. The number of rotatable bonds is 18. The van der Waals surface area contributed by atoms with Gasteiger partial charge in [0.05, 0.1) is 6.42 Å². The first kappa shape index (κ1) is 37.6. The van der Waals surface area contributed by atoms with Gasteiger partial charge in [-0.3, -0.25) is 33.9 Å². The standard InChI is InChI=1S/C36H42N8O7/c37-35(38)40-19-10-17-28-34(50)44(36(51)43(28)22-25-13-6-2-7-14-25)23-29(45)41-27(21-30(46)47)32(48)42-31(26-15-8-3-9-16-26)33(49)39-20-18-24-11-4-1-5-12-24/h1-9,11-16,27-28,31H,10,17-23H2,(H,39,49)(H,41,45)(H,42,48)(H,46,47)(H4,37,38,40). The third-order valence-electron chi connectivity index (χ3n) is 8.10. The Labute approximate surface area is 295 Å². The number of benzene rings is 3. The largest absolute Gasteiger partial charge is 0.481 e. The van der Waals surface area contributed by atoms with E-state index in [1.54, 1.807) is 54.6 Å². The van der Waals surface area contributed by atoms with Gasteiger partial charge in [-0.05, 0) is 36.0 Å². The molecular formula is C36H42N8O7. The highest BCUT2D eigenvalue weighted by molar-refractivity contribution is 6.07. The van der Waals surface area contributed by atoms with E-state index in [9.17, 15) is 33.9 Å². The molecule has 0 aliphatic carbocycles. The molecule has 1 aliphatic rings. The van der Waals surface area contributed by atoms with E-state index in [-0.39, 0.29) is 32.0 Å². The second kappa shape index (κ2) is 18.5. The Morgan fingerprint density at radius 2 is 1.43 bits per heavy atom. The van der Waals surface area contributed by atoms with Crippen molar-refractivity contribution in [1.29, 1.82) is 0 Å². The zero-order chi connectivity index (χ0) is 36.8. The Bertz CT molecular complexity index is 1700. The van der Waals surface area contributed by atoms with Crippen molar-refractivity contribution in [3.05, 3.63) is 108 Å². The van der Waals surface area contributed by atoms with Crippen LogP contribution in [0, 0.1) is 0 Å². The molecule has 15 nitrogen and oxygen atoms in total. The molecule has 1 fully saturated rings. The minimum atomic E-state index is -1.64. The number of nitrogens with one attached hydrogen (secondary N) is 3. The number of carbonyl (C=O) groups excluding carboxylic acids is 5. The van der Waals surface area contributed by atoms with Crippen molar-refractivity contribution >= 4 is 41.6 Å². The molecule has 0 bridgehead atoms. The van der Waals surface area contributed by atoms with Crippen LogP contribution >= 0.6 is 0 Å². The number of carbonyl (C=O) groups is 6. The molecule has 51 heavy (non-hydrogen) atoms. The molecule has 4 rings (SSSR count). The summed E-state index contributed by atoms with van der Waals surface area (Å²) in [7, 11) is 0. The van der Waals surface area contributed by atoms with Crippen LogP contribution in [-0.2, 0) is 36.9 Å². The third kappa shape index (κ3) is 11.1. The van der Waals surface area contributed by atoms with Crippen molar-refractivity contribution < 1.29 is 33.9 Å². The number of nitrogens with zero attached hydrogens (tertiary/aromatic N) is 3. The van der Waals surface area contributed by atoms with E-state index in [0.717, 1.165) is 16.0 Å². The number of carboxylic acid groups (broad SMARTS) is 1. The van der Waals surface area contributed by atoms with Crippen molar-refractivity contribution in [3.8, 4) is 0 Å².